The average molecular weight is 432 g/mol. The fourth-order valence-electron chi connectivity index (χ4n) is 4.15. The number of hydrogen-bond acceptors (Lipinski definition) is 5. The summed E-state index contributed by atoms with van der Waals surface area (Å²) >= 11 is 0. The molecule has 1 aliphatic heterocycles. The number of carbonyl (C=O) groups is 2. The van der Waals surface area contributed by atoms with E-state index in [0.717, 1.165) is 29.4 Å². The van der Waals surface area contributed by atoms with E-state index in [1.165, 1.54) is 0 Å². The lowest BCUT2D eigenvalue weighted by Gasteiger charge is -2.19. The van der Waals surface area contributed by atoms with Crippen molar-refractivity contribution >= 4 is 28.4 Å². The summed E-state index contributed by atoms with van der Waals surface area (Å²) in [4.78, 5) is 30.1. The number of amides is 2. The zero-order chi connectivity index (χ0) is 22.3. The first-order valence-electron chi connectivity index (χ1n) is 11.1. The molecule has 0 saturated carbocycles. The lowest BCUT2D eigenvalue weighted by atomic mass is 9.94. The summed E-state index contributed by atoms with van der Waals surface area (Å²) in [5, 5.41) is 10.2. The van der Waals surface area contributed by atoms with Crippen LogP contribution in [-0.2, 0) is 9.59 Å². The Morgan fingerprint density at radius 1 is 1.12 bits per heavy atom. The molecule has 1 fully saturated rings. The lowest BCUT2D eigenvalue weighted by Crippen LogP contribution is -2.41. The number of carbonyl (C=O) groups excluding carboxylic acids is 2. The third-order valence-corrected chi connectivity index (χ3v) is 5.98. The normalized spacial score (nSPS) is 18.9. The molecule has 4 rings (SSSR count). The van der Waals surface area contributed by atoms with E-state index in [0.29, 0.717) is 31.1 Å². The van der Waals surface area contributed by atoms with Gasteiger partial charge < -0.3 is 21.7 Å². The van der Waals surface area contributed by atoms with Gasteiger partial charge in [0.25, 0.3) is 0 Å². The highest BCUT2D eigenvalue weighted by Gasteiger charge is 2.28. The van der Waals surface area contributed by atoms with E-state index in [4.69, 9.17) is 5.73 Å². The minimum atomic E-state index is -0.392. The van der Waals surface area contributed by atoms with Crippen LogP contribution in [0.3, 0.4) is 0 Å². The number of fused-ring (bicyclic) bond motifs is 1. The van der Waals surface area contributed by atoms with Gasteiger partial charge in [-0.2, -0.15) is 0 Å². The molecule has 3 atom stereocenters. The second-order valence-corrected chi connectivity index (χ2v) is 8.25. The van der Waals surface area contributed by atoms with Gasteiger partial charge in [0.15, 0.2) is 0 Å². The molecule has 32 heavy (non-hydrogen) atoms. The molecular weight excluding hydrogens is 402 g/mol. The molecule has 2 amide bonds. The molecule has 7 heteroatoms. The van der Waals surface area contributed by atoms with Gasteiger partial charge in [0.1, 0.15) is 0 Å². The monoisotopic (exact) mass is 431 g/mol. The van der Waals surface area contributed by atoms with Gasteiger partial charge >= 0.3 is 0 Å². The van der Waals surface area contributed by atoms with Crippen LogP contribution in [0.4, 0.5) is 5.69 Å². The number of hydrogen-bond donors (Lipinski definition) is 4. The minimum Gasteiger partial charge on any atom is -0.355 e. The summed E-state index contributed by atoms with van der Waals surface area (Å²) in [7, 11) is 0. The number of pyridine rings is 1. The molecule has 0 spiro atoms. The van der Waals surface area contributed by atoms with Crippen LogP contribution in [0, 0.1) is 5.92 Å². The molecule has 1 saturated heterocycles. The summed E-state index contributed by atoms with van der Waals surface area (Å²) in [6.45, 7) is 1.76. The van der Waals surface area contributed by atoms with E-state index in [-0.39, 0.29) is 17.9 Å². The van der Waals surface area contributed by atoms with Crippen LogP contribution >= 0.6 is 0 Å². The molecule has 2 heterocycles. The van der Waals surface area contributed by atoms with Gasteiger partial charge in [-0.15, -0.1) is 0 Å². The summed E-state index contributed by atoms with van der Waals surface area (Å²) in [6.07, 6.45) is 2.92. The number of rotatable bonds is 8. The summed E-state index contributed by atoms with van der Waals surface area (Å²) in [5.41, 5.74) is 8.15. The minimum absolute atomic E-state index is 0.0353. The first-order valence-corrected chi connectivity index (χ1v) is 11.1. The van der Waals surface area contributed by atoms with Crippen molar-refractivity contribution in [1.82, 2.24) is 15.6 Å². The van der Waals surface area contributed by atoms with E-state index in [9.17, 15) is 9.59 Å². The van der Waals surface area contributed by atoms with Crippen molar-refractivity contribution in [2.75, 3.05) is 25.0 Å². The Kier molecular flexibility index (Phi) is 7.09. The zero-order valence-electron chi connectivity index (χ0n) is 18.0. The first kappa shape index (κ1) is 21.9. The zero-order valence-corrected chi connectivity index (χ0v) is 18.0. The SMILES string of the molecule is NC[C@H]1CN[C@H](C(=O)NCCC(C(=O)Nc2cnc3ccccc3c2)c2ccccc2)C1. The molecule has 2 aromatic carbocycles. The molecule has 7 nitrogen and oxygen atoms in total. The highest BCUT2D eigenvalue weighted by atomic mass is 16.2. The van der Waals surface area contributed by atoms with Crippen LogP contribution in [0.5, 0.6) is 0 Å². The number of nitrogens with one attached hydrogen (secondary N) is 3. The molecule has 0 bridgehead atoms. The molecule has 1 unspecified atom stereocenters. The maximum Gasteiger partial charge on any atom is 0.237 e. The second kappa shape index (κ2) is 10.3. The molecule has 0 radical (unpaired) electrons. The maximum absolute atomic E-state index is 13.2. The van der Waals surface area contributed by atoms with Gasteiger partial charge in [-0.25, -0.2) is 0 Å². The van der Waals surface area contributed by atoms with Gasteiger partial charge in [-0.3, -0.25) is 14.6 Å². The summed E-state index contributed by atoms with van der Waals surface area (Å²) < 4.78 is 0. The van der Waals surface area contributed by atoms with Crippen LogP contribution < -0.4 is 21.7 Å². The largest absolute Gasteiger partial charge is 0.355 e. The summed E-state index contributed by atoms with van der Waals surface area (Å²) in [5.74, 6) is -0.211. The van der Waals surface area contributed by atoms with Crippen LogP contribution in [0.25, 0.3) is 10.9 Å². The van der Waals surface area contributed by atoms with Gasteiger partial charge in [0, 0.05) is 11.9 Å². The van der Waals surface area contributed by atoms with Crippen LogP contribution in [0.1, 0.15) is 24.3 Å². The number of para-hydroxylation sites is 1. The van der Waals surface area contributed by atoms with Crippen molar-refractivity contribution in [3.63, 3.8) is 0 Å². The van der Waals surface area contributed by atoms with E-state index in [1.54, 1.807) is 6.20 Å². The van der Waals surface area contributed by atoms with Crippen molar-refractivity contribution in [1.29, 1.82) is 0 Å². The van der Waals surface area contributed by atoms with E-state index in [2.05, 4.69) is 20.9 Å². The predicted octanol–water partition coefficient (Wildman–Crippen LogP) is 2.40. The maximum atomic E-state index is 13.2. The third kappa shape index (κ3) is 5.30. The summed E-state index contributed by atoms with van der Waals surface area (Å²) in [6, 6.07) is 19.1. The topological polar surface area (TPSA) is 109 Å². The molecule has 0 aliphatic carbocycles. The highest BCUT2D eigenvalue weighted by molar-refractivity contribution is 5.97. The van der Waals surface area contributed by atoms with E-state index in [1.807, 2.05) is 60.7 Å². The first-order chi connectivity index (χ1) is 15.6. The average Bonchev–Trinajstić information content (AvgIpc) is 3.32. The number of nitrogens with two attached hydrogens (primary N) is 1. The third-order valence-electron chi connectivity index (χ3n) is 5.98. The highest BCUT2D eigenvalue weighted by Crippen LogP contribution is 2.23. The van der Waals surface area contributed by atoms with Crippen molar-refractivity contribution in [3.8, 4) is 0 Å². The van der Waals surface area contributed by atoms with Crippen molar-refractivity contribution in [2.45, 2.75) is 24.8 Å². The predicted molar refractivity (Wildman–Crippen MR) is 126 cm³/mol. The Morgan fingerprint density at radius 2 is 1.91 bits per heavy atom. The van der Waals surface area contributed by atoms with Gasteiger partial charge in [-0.1, -0.05) is 48.5 Å². The van der Waals surface area contributed by atoms with Gasteiger partial charge in [0.2, 0.25) is 11.8 Å². The fourth-order valence-corrected chi connectivity index (χ4v) is 4.15. The smallest absolute Gasteiger partial charge is 0.237 e. The Balaban J connectivity index is 1.41. The Labute approximate surface area is 187 Å². The van der Waals surface area contributed by atoms with Crippen molar-refractivity contribution < 1.29 is 9.59 Å². The molecule has 1 aliphatic rings. The van der Waals surface area contributed by atoms with Gasteiger partial charge in [0.05, 0.1) is 29.4 Å². The number of nitrogens with zero attached hydrogens (tertiary/aromatic N) is 1. The van der Waals surface area contributed by atoms with Crippen LogP contribution in [0.2, 0.25) is 0 Å². The number of benzene rings is 2. The Bertz CT molecular complexity index is 1070. The number of aromatic nitrogens is 1. The van der Waals surface area contributed by atoms with Gasteiger partial charge in [-0.05, 0) is 49.5 Å². The second-order valence-electron chi connectivity index (χ2n) is 8.25. The van der Waals surface area contributed by atoms with Crippen molar-refractivity contribution in [3.05, 3.63) is 72.4 Å². The molecule has 166 valence electrons. The lowest BCUT2D eigenvalue weighted by molar-refractivity contribution is -0.123. The molecule has 5 N–H and O–H groups in total. The standard InChI is InChI=1S/C25H29N5O2/c26-14-17-12-23(28-15-17)25(32)27-11-10-21(18-6-2-1-3-7-18)24(31)30-20-13-19-8-4-5-9-22(19)29-16-20/h1-9,13,16-17,21,23,28H,10-12,14-15,26H2,(H,27,32)(H,30,31)/t17-,21?,23-/m0/s1. The van der Waals surface area contributed by atoms with E-state index >= 15 is 0 Å². The van der Waals surface area contributed by atoms with Crippen LogP contribution in [0.15, 0.2) is 66.9 Å². The van der Waals surface area contributed by atoms with Crippen molar-refractivity contribution in [2.24, 2.45) is 11.7 Å². The fraction of sp³-hybridized carbons (Fsp3) is 0.320. The van der Waals surface area contributed by atoms with E-state index < -0.39 is 5.92 Å². The Hall–Kier alpha value is -3.29. The quantitative estimate of drug-likeness (QED) is 0.438. The van der Waals surface area contributed by atoms with Crippen LogP contribution in [-0.4, -0.2) is 42.5 Å². The molecule has 3 aromatic rings. The molecular formula is C25H29N5O2. The molecule has 1 aromatic heterocycles. The Morgan fingerprint density at radius 3 is 2.69 bits per heavy atom. The number of anilines is 1.